The molecule has 0 aliphatic rings. The highest BCUT2D eigenvalue weighted by Gasteiger charge is 2.06. The summed E-state index contributed by atoms with van der Waals surface area (Å²) in [5.41, 5.74) is 2.57. The summed E-state index contributed by atoms with van der Waals surface area (Å²) in [4.78, 5) is 4.90. The second-order valence-electron chi connectivity index (χ2n) is 5.11. The Morgan fingerprint density at radius 3 is 2.32 bits per heavy atom. The number of thiophene rings is 1. The number of hydrogen-bond acceptors (Lipinski definition) is 3. The molecule has 1 atom stereocenters. The van der Waals surface area contributed by atoms with E-state index < -0.39 is 0 Å². The van der Waals surface area contributed by atoms with Crippen molar-refractivity contribution in [2.75, 3.05) is 19.0 Å². The van der Waals surface area contributed by atoms with E-state index in [1.807, 2.05) is 11.3 Å². The van der Waals surface area contributed by atoms with Crippen molar-refractivity contribution < 1.29 is 0 Å². The topological polar surface area (TPSA) is 15.3 Å². The van der Waals surface area contributed by atoms with Gasteiger partial charge in [0.05, 0.1) is 0 Å². The van der Waals surface area contributed by atoms with Crippen LogP contribution in [0.25, 0.3) is 0 Å². The van der Waals surface area contributed by atoms with Crippen molar-refractivity contribution in [2.45, 2.75) is 26.4 Å². The van der Waals surface area contributed by atoms with Crippen molar-refractivity contribution in [1.82, 2.24) is 5.32 Å². The van der Waals surface area contributed by atoms with Crippen molar-refractivity contribution in [1.29, 1.82) is 0 Å². The van der Waals surface area contributed by atoms with Crippen LogP contribution in [-0.2, 0) is 6.54 Å². The van der Waals surface area contributed by atoms with Crippen LogP contribution in [0.3, 0.4) is 0 Å². The largest absolute Gasteiger partial charge is 0.378 e. The van der Waals surface area contributed by atoms with E-state index in [2.05, 4.69) is 74.6 Å². The lowest BCUT2D eigenvalue weighted by atomic mass is 10.2. The molecule has 0 bridgehead atoms. The highest BCUT2D eigenvalue weighted by molar-refractivity contribution is 7.12. The molecule has 0 fully saturated rings. The van der Waals surface area contributed by atoms with Gasteiger partial charge in [-0.05, 0) is 43.7 Å². The molecule has 0 radical (unpaired) electrons. The third kappa shape index (κ3) is 3.82. The molecule has 1 aromatic heterocycles. The summed E-state index contributed by atoms with van der Waals surface area (Å²) in [7, 11) is 4.13. The molecule has 1 aromatic carbocycles. The molecule has 2 rings (SSSR count). The summed E-state index contributed by atoms with van der Waals surface area (Å²) in [6.45, 7) is 5.28. The van der Waals surface area contributed by atoms with Crippen LogP contribution in [0.2, 0.25) is 0 Å². The van der Waals surface area contributed by atoms with Gasteiger partial charge in [0.15, 0.2) is 0 Å². The zero-order chi connectivity index (χ0) is 13.8. The van der Waals surface area contributed by atoms with Crippen LogP contribution in [0.5, 0.6) is 0 Å². The first-order valence-electron chi connectivity index (χ1n) is 6.62. The Balaban J connectivity index is 1.91. The van der Waals surface area contributed by atoms with E-state index in [-0.39, 0.29) is 0 Å². The monoisotopic (exact) mass is 274 g/mol. The fourth-order valence-electron chi connectivity index (χ4n) is 1.97. The zero-order valence-electron chi connectivity index (χ0n) is 12.1. The minimum atomic E-state index is 0.409. The van der Waals surface area contributed by atoms with E-state index in [1.54, 1.807) is 0 Å². The van der Waals surface area contributed by atoms with Gasteiger partial charge in [-0.1, -0.05) is 12.1 Å². The molecule has 1 unspecified atom stereocenters. The van der Waals surface area contributed by atoms with E-state index in [1.165, 1.54) is 21.0 Å². The first-order valence-corrected chi connectivity index (χ1v) is 7.44. The summed E-state index contributed by atoms with van der Waals surface area (Å²) >= 11 is 1.87. The Morgan fingerprint density at radius 1 is 1.11 bits per heavy atom. The third-order valence-corrected chi connectivity index (χ3v) is 4.44. The second-order valence-corrected chi connectivity index (χ2v) is 6.43. The Kier molecular flexibility index (Phi) is 4.61. The molecule has 1 N–H and O–H groups in total. The highest BCUT2D eigenvalue weighted by Crippen LogP contribution is 2.22. The molecule has 19 heavy (non-hydrogen) atoms. The Morgan fingerprint density at radius 2 is 1.79 bits per heavy atom. The van der Waals surface area contributed by atoms with Gasteiger partial charge in [-0.25, -0.2) is 0 Å². The van der Waals surface area contributed by atoms with Crippen LogP contribution in [0.4, 0.5) is 5.69 Å². The molecule has 0 saturated heterocycles. The first kappa shape index (κ1) is 14.1. The van der Waals surface area contributed by atoms with E-state index in [9.17, 15) is 0 Å². The van der Waals surface area contributed by atoms with Crippen molar-refractivity contribution >= 4 is 17.0 Å². The SMILES string of the molecule is Cc1ccc(C(C)NCc2ccc(N(C)C)cc2)s1. The maximum Gasteiger partial charge on any atom is 0.0388 e. The lowest BCUT2D eigenvalue weighted by molar-refractivity contribution is 0.583. The average molecular weight is 274 g/mol. The van der Waals surface area contributed by atoms with Gasteiger partial charge in [0.25, 0.3) is 0 Å². The van der Waals surface area contributed by atoms with Crippen LogP contribution < -0.4 is 10.2 Å². The van der Waals surface area contributed by atoms with Crippen molar-refractivity contribution in [3.63, 3.8) is 0 Å². The van der Waals surface area contributed by atoms with Gasteiger partial charge >= 0.3 is 0 Å². The number of hydrogen-bond donors (Lipinski definition) is 1. The number of anilines is 1. The highest BCUT2D eigenvalue weighted by atomic mass is 32.1. The lowest BCUT2D eigenvalue weighted by Gasteiger charge is -2.14. The van der Waals surface area contributed by atoms with Gasteiger partial charge in [-0.2, -0.15) is 0 Å². The predicted octanol–water partition coefficient (Wildman–Crippen LogP) is 3.97. The predicted molar refractivity (Wildman–Crippen MR) is 85.1 cm³/mol. The van der Waals surface area contributed by atoms with Crippen LogP contribution in [0, 0.1) is 6.92 Å². The maximum atomic E-state index is 3.57. The van der Waals surface area contributed by atoms with E-state index in [0.29, 0.717) is 6.04 Å². The van der Waals surface area contributed by atoms with E-state index in [4.69, 9.17) is 0 Å². The van der Waals surface area contributed by atoms with Gasteiger partial charge in [0, 0.05) is 42.1 Å². The standard InChI is InChI=1S/C16H22N2S/c1-12-5-10-16(19-12)13(2)17-11-14-6-8-15(9-7-14)18(3)4/h5-10,13,17H,11H2,1-4H3. The molecule has 2 aromatic rings. The number of nitrogens with zero attached hydrogens (tertiary/aromatic N) is 1. The number of rotatable bonds is 5. The van der Waals surface area contributed by atoms with Gasteiger partial charge in [-0.15, -0.1) is 11.3 Å². The first-order chi connectivity index (χ1) is 9.06. The third-order valence-electron chi connectivity index (χ3n) is 3.25. The molecule has 1 heterocycles. The summed E-state index contributed by atoms with van der Waals surface area (Å²) < 4.78 is 0. The Hall–Kier alpha value is -1.32. The molecule has 0 saturated carbocycles. The minimum absolute atomic E-state index is 0.409. The van der Waals surface area contributed by atoms with E-state index in [0.717, 1.165) is 6.54 Å². The molecular formula is C16H22N2S. The summed E-state index contributed by atoms with van der Waals surface area (Å²) in [5, 5.41) is 3.57. The minimum Gasteiger partial charge on any atom is -0.378 e. The number of aryl methyl sites for hydroxylation is 1. The fraction of sp³-hybridized carbons (Fsp3) is 0.375. The van der Waals surface area contributed by atoms with Crippen molar-refractivity contribution in [3.8, 4) is 0 Å². The van der Waals surface area contributed by atoms with Crippen LogP contribution in [0.1, 0.15) is 28.3 Å². The van der Waals surface area contributed by atoms with Crippen LogP contribution >= 0.6 is 11.3 Å². The molecule has 0 aliphatic heterocycles. The molecule has 0 spiro atoms. The van der Waals surface area contributed by atoms with E-state index >= 15 is 0 Å². The van der Waals surface area contributed by atoms with Crippen molar-refractivity contribution in [3.05, 3.63) is 51.7 Å². The molecular weight excluding hydrogens is 252 g/mol. The molecule has 102 valence electrons. The Bertz CT molecular complexity index is 514. The second kappa shape index (κ2) is 6.22. The maximum absolute atomic E-state index is 3.57. The Labute approximate surface area is 120 Å². The summed E-state index contributed by atoms with van der Waals surface area (Å²) in [6, 6.07) is 13.5. The van der Waals surface area contributed by atoms with Crippen molar-refractivity contribution in [2.24, 2.45) is 0 Å². The molecule has 0 aliphatic carbocycles. The van der Waals surface area contributed by atoms with Gasteiger partial charge in [0.1, 0.15) is 0 Å². The smallest absolute Gasteiger partial charge is 0.0388 e. The fourth-order valence-corrected chi connectivity index (χ4v) is 2.87. The molecule has 2 nitrogen and oxygen atoms in total. The van der Waals surface area contributed by atoms with Gasteiger partial charge < -0.3 is 10.2 Å². The van der Waals surface area contributed by atoms with Gasteiger partial charge in [-0.3, -0.25) is 0 Å². The lowest BCUT2D eigenvalue weighted by Crippen LogP contribution is -2.17. The number of benzene rings is 1. The zero-order valence-corrected chi connectivity index (χ0v) is 12.9. The quantitative estimate of drug-likeness (QED) is 0.887. The van der Waals surface area contributed by atoms with Crippen LogP contribution in [-0.4, -0.2) is 14.1 Å². The summed E-state index contributed by atoms with van der Waals surface area (Å²) in [5.74, 6) is 0. The molecule has 3 heteroatoms. The van der Waals surface area contributed by atoms with Gasteiger partial charge in [0.2, 0.25) is 0 Å². The van der Waals surface area contributed by atoms with Crippen LogP contribution in [0.15, 0.2) is 36.4 Å². The normalized spacial score (nSPS) is 12.4. The summed E-state index contributed by atoms with van der Waals surface area (Å²) in [6.07, 6.45) is 0. The molecule has 0 amide bonds. The number of nitrogens with one attached hydrogen (secondary N) is 1. The average Bonchev–Trinajstić information content (AvgIpc) is 2.83.